The molecule has 1 N–H and O–H groups in total. The smallest absolute Gasteiger partial charge is 0.322 e. The van der Waals surface area contributed by atoms with Crippen LogP contribution in [0.4, 0.5) is 14.9 Å². The fourth-order valence-electron chi connectivity index (χ4n) is 2.85. The van der Waals surface area contributed by atoms with Crippen LogP contribution in [0.1, 0.15) is 17.9 Å². The Hall–Kier alpha value is -2.57. The molecule has 1 aliphatic rings. The molecule has 1 saturated heterocycles. The lowest BCUT2D eigenvalue weighted by molar-refractivity contribution is 0.221. The fraction of sp³-hybridized carbons (Fsp3) is 0.375. The summed E-state index contributed by atoms with van der Waals surface area (Å²) in [6.07, 6.45) is 4.66. The van der Waals surface area contributed by atoms with E-state index in [4.69, 9.17) is 4.74 Å². The van der Waals surface area contributed by atoms with E-state index in [0.29, 0.717) is 18.8 Å². The first kappa shape index (κ1) is 15.3. The third-order valence-electron chi connectivity index (χ3n) is 4.10. The Morgan fingerprint density at radius 1 is 1.48 bits per heavy atom. The zero-order valence-electron chi connectivity index (χ0n) is 13.1. The van der Waals surface area contributed by atoms with Crippen LogP contribution in [-0.4, -0.2) is 40.9 Å². The van der Waals surface area contributed by atoms with Crippen LogP contribution in [0.2, 0.25) is 0 Å². The van der Waals surface area contributed by atoms with Gasteiger partial charge >= 0.3 is 6.03 Å². The molecule has 1 unspecified atom stereocenters. The maximum absolute atomic E-state index is 13.9. The van der Waals surface area contributed by atoms with Crippen molar-refractivity contribution in [3.63, 3.8) is 0 Å². The quantitative estimate of drug-likeness (QED) is 0.946. The number of nitrogens with one attached hydrogen (secondary N) is 1. The van der Waals surface area contributed by atoms with Gasteiger partial charge < -0.3 is 15.0 Å². The van der Waals surface area contributed by atoms with Crippen LogP contribution in [0, 0.1) is 5.82 Å². The van der Waals surface area contributed by atoms with Crippen molar-refractivity contribution in [2.24, 2.45) is 7.05 Å². The fourth-order valence-corrected chi connectivity index (χ4v) is 2.85. The van der Waals surface area contributed by atoms with E-state index >= 15 is 0 Å². The maximum Gasteiger partial charge on any atom is 0.322 e. The number of nitrogens with zero attached hydrogens (tertiary/aromatic N) is 3. The van der Waals surface area contributed by atoms with Crippen LogP contribution >= 0.6 is 0 Å². The van der Waals surface area contributed by atoms with Crippen molar-refractivity contribution in [2.75, 3.05) is 25.5 Å². The second-order valence-corrected chi connectivity index (χ2v) is 5.63. The Bertz CT molecular complexity index is 716. The molecule has 7 heteroatoms. The van der Waals surface area contributed by atoms with E-state index in [-0.39, 0.29) is 17.6 Å². The lowest BCUT2D eigenvalue weighted by Crippen LogP contribution is -2.33. The van der Waals surface area contributed by atoms with Gasteiger partial charge in [0, 0.05) is 32.3 Å². The Morgan fingerprint density at radius 3 is 3.00 bits per heavy atom. The maximum atomic E-state index is 13.9. The Kier molecular flexibility index (Phi) is 4.18. The van der Waals surface area contributed by atoms with E-state index in [0.717, 1.165) is 12.0 Å². The summed E-state index contributed by atoms with van der Waals surface area (Å²) in [5.74, 6) is 0.0547. The van der Waals surface area contributed by atoms with Gasteiger partial charge in [-0.15, -0.1) is 0 Å². The number of aryl methyl sites for hydroxylation is 1. The van der Waals surface area contributed by atoms with Gasteiger partial charge in [-0.25, -0.2) is 9.18 Å². The molecule has 2 heterocycles. The van der Waals surface area contributed by atoms with Crippen molar-refractivity contribution in [3.8, 4) is 5.75 Å². The average Bonchev–Trinajstić information content (AvgIpc) is 3.18. The van der Waals surface area contributed by atoms with Gasteiger partial charge in [0.25, 0.3) is 0 Å². The van der Waals surface area contributed by atoms with Gasteiger partial charge in [-0.3, -0.25) is 4.68 Å². The molecule has 3 rings (SSSR count). The lowest BCUT2D eigenvalue weighted by atomic mass is 10.0. The molecular weight excluding hydrogens is 299 g/mol. The summed E-state index contributed by atoms with van der Waals surface area (Å²) < 4.78 is 20.8. The van der Waals surface area contributed by atoms with E-state index in [2.05, 4.69) is 10.4 Å². The minimum absolute atomic E-state index is 0.0739. The molecule has 23 heavy (non-hydrogen) atoms. The molecular formula is C16H19FN4O2. The van der Waals surface area contributed by atoms with Gasteiger partial charge in [0.05, 0.1) is 13.3 Å². The first-order valence-corrected chi connectivity index (χ1v) is 7.45. The topological polar surface area (TPSA) is 59.4 Å². The number of halogens is 1. The summed E-state index contributed by atoms with van der Waals surface area (Å²) in [5, 5.41) is 6.78. The van der Waals surface area contributed by atoms with E-state index < -0.39 is 5.82 Å². The molecule has 0 saturated carbocycles. The molecule has 0 aliphatic carbocycles. The van der Waals surface area contributed by atoms with Crippen LogP contribution in [0.15, 0.2) is 30.6 Å². The number of ether oxygens (including phenoxy) is 1. The summed E-state index contributed by atoms with van der Waals surface area (Å²) >= 11 is 0. The number of amides is 2. The molecule has 2 amide bonds. The van der Waals surface area contributed by atoms with Crippen molar-refractivity contribution in [1.29, 1.82) is 0 Å². The van der Waals surface area contributed by atoms with Crippen molar-refractivity contribution < 1.29 is 13.9 Å². The predicted octanol–water partition coefficient (Wildman–Crippen LogP) is 2.59. The molecule has 0 radical (unpaired) electrons. The van der Waals surface area contributed by atoms with Crippen molar-refractivity contribution in [2.45, 2.75) is 12.3 Å². The van der Waals surface area contributed by atoms with Gasteiger partial charge in [-0.1, -0.05) is 6.07 Å². The highest BCUT2D eigenvalue weighted by Gasteiger charge is 2.29. The van der Waals surface area contributed by atoms with Gasteiger partial charge in [-0.05, 0) is 24.1 Å². The number of aromatic nitrogens is 2. The first-order valence-electron chi connectivity index (χ1n) is 7.45. The number of urea groups is 1. The summed E-state index contributed by atoms with van der Waals surface area (Å²) in [6, 6.07) is 4.12. The summed E-state index contributed by atoms with van der Waals surface area (Å²) in [7, 11) is 3.31. The summed E-state index contributed by atoms with van der Waals surface area (Å²) in [5.41, 5.74) is 1.19. The predicted molar refractivity (Wildman–Crippen MR) is 84.1 cm³/mol. The van der Waals surface area contributed by atoms with Gasteiger partial charge in [-0.2, -0.15) is 5.10 Å². The number of para-hydroxylation sites is 1. The molecule has 1 aromatic heterocycles. The number of carbonyl (C=O) groups is 1. The Balaban J connectivity index is 1.68. The highest BCUT2D eigenvalue weighted by Crippen LogP contribution is 2.30. The van der Waals surface area contributed by atoms with E-state index in [9.17, 15) is 9.18 Å². The van der Waals surface area contributed by atoms with Crippen molar-refractivity contribution in [3.05, 3.63) is 42.0 Å². The third-order valence-corrected chi connectivity index (χ3v) is 4.10. The molecule has 6 nitrogen and oxygen atoms in total. The average molecular weight is 318 g/mol. The van der Waals surface area contributed by atoms with Crippen molar-refractivity contribution in [1.82, 2.24) is 14.7 Å². The highest BCUT2D eigenvalue weighted by atomic mass is 19.1. The second kappa shape index (κ2) is 6.28. The summed E-state index contributed by atoms with van der Waals surface area (Å²) in [4.78, 5) is 14.1. The molecule has 1 aromatic carbocycles. The highest BCUT2D eigenvalue weighted by molar-refractivity contribution is 5.91. The zero-order chi connectivity index (χ0) is 16.4. The van der Waals surface area contributed by atoms with Gasteiger partial charge in [0.1, 0.15) is 11.4 Å². The number of methoxy groups -OCH3 is 1. The van der Waals surface area contributed by atoms with Gasteiger partial charge in [0.2, 0.25) is 0 Å². The number of rotatable bonds is 3. The molecule has 1 atom stereocenters. The Morgan fingerprint density at radius 2 is 2.30 bits per heavy atom. The Labute approximate surface area is 133 Å². The van der Waals surface area contributed by atoms with Crippen LogP contribution in [0.3, 0.4) is 0 Å². The number of hydrogen-bond donors (Lipinski definition) is 1. The van der Waals surface area contributed by atoms with Crippen LogP contribution < -0.4 is 10.1 Å². The van der Waals surface area contributed by atoms with Crippen LogP contribution in [0.5, 0.6) is 5.75 Å². The second-order valence-electron chi connectivity index (χ2n) is 5.63. The van der Waals surface area contributed by atoms with E-state index in [1.807, 2.05) is 19.4 Å². The number of likely N-dealkylation sites (tertiary alicyclic amines) is 1. The van der Waals surface area contributed by atoms with E-state index in [1.54, 1.807) is 15.6 Å². The minimum Gasteiger partial charge on any atom is -0.494 e. The van der Waals surface area contributed by atoms with Crippen LogP contribution in [0.25, 0.3) is 0 Å². The standard InChI is InChI=1S/C16H19FN4O2/c1-20-9-12(8-18-20)11-6-7-21(10-11)16(22)19-15-13(17)4-3-5-14(15)23-2/h3-5,8-9,11H,6-7,10H2,1-2H3,(H,19,22). The number of anilines is 1. The molecule has 122 valence electrons. The van der Waals surface area contributed by atoms with Crippen LogP contribution in [-0.2, 0) is 7.05 Å². The normalized spacial score (nSPS) is 17.3. The number of hydrogen-bond acceptors (Lipinski definition) is 3. The molecule has 0 spiro atoms. The van der Waals surface area contributed by atoms with Crippen molar-refractivity contribution >= 4 is 11.7 Å². The molecule has 2 aromatic rings. The van der Waals surface area contributed by atoms with Gasteiger partial charge in [0.15, 0.2) is 5.82 Å². The molecule has 0 bridgehead atoms. The minimum atomic E-state index is -0.513. The third kappa shape index (κ3) is 3.13. The zero-order valence-corrected chi connectivity index (χ0v) is 13.1. The molecule has 1 aliphatic heterocycles. The molecule has 1 fully saturated rings. The number of benzene rings is 1. The number of carbonyl (C=O) groups excluding carboxylic acids is 1. The summed E-state index contributed by atoms with van der Waals surface area (Å²) in [6.45, 7) is 1.22. The lowest BCUT2D eigenvalue weighted by Gasteiger charge is -2.18. The SMILES string of the molecule is COc1cccc(F)c1NC(=O)N1CCC(c2cnn(C)c2)C1. The largest absolute Gasteiger partial charge is 0.494 e. The van der Waals surface area contributed by atoms with E-state index in [1.165, 1.54) is 19.2 Å². The first-order chi connectivity index (χ1) is 11.1. The monoisotopic (exact) mass is 318 g/mol.